The molecule has 28 heavy (non-hydrogen) atoms. The highest BCUT2D eigenvalue weighted by atomic mass is 15.2. The molecule has 0 saturated carbocycles. The Morgan fingerprint density at radius 3 is 2.04 bits per heavy atom. The van der Waals surface area contributed by atoms with Crippen LogP contribution in [0.25, 0.3) is 0 Å². The first-order valence-corrected chi connectivity index (χ1v) is 11.4. The van der Waals surface area contributed by atoms with E-state index >= 15 is 0 Å². The number of hydrogen-bond donors (Lipinski definition) is 0. The Labute approximate surface area is 173 Å². The zero-order valence-electron chi connectivity index (χ0n) is 18.4. The molecular formula is C26H40N2. The van der Waals surface area contributed by atoms with Gasteiger partial charge in [-0.2, -0.15) is 0 Å². The van der Waals surface area contributed by atoms with Crippen LogP contribution in [0.3, 0.4) is 0 Å². The van der Waals surface area contributed by atoms with Gasteiger partial charge in [-0.1, -0.05) is 88.2 Å². The molecule has 1 heterocycles. The fraction of sp³-hybridized carbons (Fsp3) is 0.538. The van der Waals surface area contributed by atoms with Crippen molar-refractivity contribution in [3.63, 3.8) is 0 Å². The van der Waals surface area contributed by atoms with Crippen LogP contribution in [-0.4, -0.2) is 36.0 Å². The molecule has 3 rings (SSSR count). The number of likely N-dealkylation sites (tertiary alicyclic amines) is 1. The largest absolute Gasteiger partial charge is 0.302 e. The second-order valence-electron chi connectivity index (χ2n) is 7.63. The Morgan fingerprint density at radius 1 is 0.750 bits per heavy atom. The molecule has 0 bridgehead atoms. The van der Waals surface area contributed by atoms with Crippen molar-refractivity contribution in [1.82, 2.24) is 9.80 Å². The van der Waals surface area contributed by atoms with E-state index in [-0.39, 0.29) is 0 Å². The molecule has 0 aliphatic carbocycles. The third-order valence-corrected chi connectivity index (χ3v) is 5.49. The minimum absolute atomic E-state index is 1.03. The van der Waals surface area contributed by atoms with Gasteiger partial charge in [0.15, 0.2) is 0 Å². The number of nitrogens with zero attached hydrogens (tertiary/aromatic N) is 2. The van der Waals surface area contributed by atoms with Crippen LogP contribution in [0.5, 0.6) is 0 Å². The summed E-state index contributed by atoms with van der Waals surface area (Å²) in [6.07, 6.45) is 6.68. The molecule has 1 fully saturated rings. The Bertz CT molecular complexity index is 630. The predicted octanol–water partition coefficient (Wildman–Crippen LogP) is 6.15. The van der Waals surface area contributed by atoms with Crippen molar-refractivity contribution >= 4 is 0 Å². The van der Waals surface area contributed by atoms with Gasteiger partial charge in [-0.25, -0.2) is 0 Å². The van der Waals surface area contributed by atoms with Crippen LogP contribution in [0.15, 0.2) is 54.6 Å². The van der Waals surface area contributed by atoms with Crippen molar-refractivity contribution in [2.75, 3.05) is 26.2 Å². The first kappa shape index (κ1) is 22.6. The third-order valence-electron chi connectivity index (χ3n) is 5.49. The molecule has 2 aromatic carbocycles. The van der Waals surface area contributed by atoms with Crippen LogP contribution in [0.4, 0.5) is 0 Å². The Morgan fingerprint density at radius 2 is 1.36 bits per heavy atom. The Kier molecular flexibility index (Phi) is 10.9. The summed E-state index contributed by atoms with van der Waals surface area (Å²) in [6.45, 7) is 13.2. The molecule has 154 valence electrons. The van der Waals surface area contributed by atoms with E-state index in [2.05, 4.69) is 71.3 Å². The highest BCUT2D eigenvalue weighted by Gasteiger charge is 2.12. The van der Waals surface area contributed by atoms with Crippen molar-refractivity contribution in [2.24, 2.45) is 0 Å². The van der Waals surface area contributed by atoms with Crippen LogP contribution < -0.4 is 0 Å². The molecule has 0 aromatic heterocycles. The van der Waals surface area contributed by atoms with Crippen molar-refractivity contribution in [3.05, 3.63) is 71.3 Å². The van der Waals surface area contributed by atoms with E-state index in [1.807, 2.05) is 13.8 Å². The summed E-state index contributed by atoms with van der Waals surface area (Å²) in [5.41, 5.74) is 4.29. The zero-order chi connectivity index (χ0) is 20.0. The monoisotopic (exact) mass is 380 g/mol. The maximum Gasteiger partial charge on any atom is 0.0237 e. The van der Waals surface area contributed by atoms with Gasteiger partial charge < -0.3 is 4.90 Å². The van der Waals surface area contributed by atoms with Crippen molar-refractivity contribution < 1.29 is 0 Å². The molecule has 0 N–H and O–H groups in total. The molecule has 1 saturated heterocycles. The van der Waals surface area contributed by atoms with Crippen LogP contribution in [0.2, 0.25) is 0 Å². The first-order chi connectivity index (χ1) is 13.8. The molecule has 0 spiro atoms. The van der Waals surface area contributed by atoms with Gasteiger partial charge >= 0.3 is 0 Å². The molecular weight excluding hydrogens is 340 g/mol. The van der Waals surface area contributed by atoms with Gasteiger partial charge in [0.05, 0.1) is 0 Å². The summed E-state index contributed by atoms with van der Waals surface area (Å²) in [7, 11) is 0. The summed E-state index contributed by atoms with van der Waals surface area (Å²) < 4.78 is 0. The van der Waals surface area contributed by atoms with Gasteiger partial charge in [-0.05, 0) is 49.0 Å². The molecule has 0 atom stereocenters. The minimum Gasteiger partial charge on any atom is -0.302 e. The molecule has 1 aliphatic rings. The predicted molar refractivity (Wildman–Crippen MR) is 123 cm³/mol. The molecule has 0 radical (unpaired) electrons. The normalized spacial score (nSPS) is 15.0. The fourth-order valence-corrected chi connectivity index (χ4v) is 3.90. The van der Waals surface area contributed by atoms with E-state index in [0.29, 0.717) is 0 Å². The van der Waals surface area contributed by atoms with Crippen LogP contribution in [0, 0.1) is 0 Å². The Hall–Kier alpha value is -1.64. The first-order valence-electron chi connectivity index (χ1n) is 11.4. The molecule has 2 aromatic rings. The maximum atomic E-state index is 2.67. The van der Waals surface area contributed by atoms with E-state index in [0.717, 1.165) is 26.1 Å². The highest BCUT2D eigenvalue weighted by molar-refractivity contribution is 5.23. The smallest absolute Gasteiger partial charge is 0.0237 e. The lowest BCUT2D eigenvalue weighted by molar-refractivity contribution is 0.196. The second-order valence-corrected chi connectivity index (χ2v) is 7.63. The van der Waals surface area contributed by atoms with Gasteiger partial charge in [-0.3, -0.25) is 4.90 Å². The molecule has 2 nitrogen and oxygen atoms in total. The third kappa shape index (κ3) is 8.16. The highest BCUT2D eigenvalue weighted by Crippen LogP contribution is 2.14. The molecule has 0 amide bonds. The van der Waals surface area contributed by atoms with Crippen LogP contribution in [0.1, 0.15) is 63.1 Å². The average molecular weight is 381 g/mol. The number of hydrogen-bond acceptors (Lipinski definition) is 2. The maximum absolute atomic E-state index is 2.67. The summed E-state index contributed by atoms with van der Waals surface area (Å²) in [6, 6.07) is 20.0. The summed E-state index contributed by atoms with van der Waals surface area (Å²) >= 11 is 0. The standard InChI is InChI=1S/C24H34N2.C2H6/c1-2-22-13-10-14-24(19-22)21-26(20-23-11-6-5-7-12-23)18-17-25-15-8-3-4-9-16-25;1-2/h5-7,10-14,19H,2-4,8-9,15-18,20-21H2,1H3;1-2H3. The van der Waals surface area contributed by atoms with Crippen LogP contribution in [-0.2, 0) is 19.5 Å². The Balaban J connectivity index is 0.00000136. The lowest BCUT2D eigenvalue weighted by Crippen LogP contribution is -2.35. The van der Waals surface area contributed by atoms with E-state index in [1.54, 1.807) is 0 Å². The quantitative estimate of drug-likeness (QED) is 0.541. The van der Waals surface area contributed by atoms with E-state index in [4.69, 9.17) is 0 Å². The van der Waals surface area contributed by atoms with Crippen molar-refractivity contribution in [3.8, 4) is 0 Å². The summed E-state index contributed by atoms with van der Waals surface area (Å²) in [5.74, 6) is 0. The zero-order valence-corrected chi connectivity index (χ0v) is 18.4. The lowest BCUT2D eigenvalue weighted by Gasteiger charge is -2.27. The SMILES string of the molecule is CC.CCc1cccc(CN(CCN2CCCCCC2)Cc2ccccc2)c1. The minimum atomic E-state index is 1.03. The number of rotatable bonds is 8. The molecule has 2 heteroatoms. The average Bonchev–Trinajstić information content (AvgIpc) is 3.03. The molecule has 0 unspecified atom stereocenters. The summed E-state index contributed by atoms with van der Waals surface area (Å²) in [4.78, 5) is 5.29. The number of benzene rings is 2. The van der Waals surface area contributed by atoms with Crippen molar-refractivity contribution in [1.29, 1.82) is 0 Å². The van der Waals surface area contributed by atoms with E-state index in [1.165, 1.54) is 62.0 Å². The fourth-order valence-electron chi connectivity index (χ4n) is 3.90. The molecule has 1 aliphatic heterocycles. The van der Waals surface area contributed by atoms with Gasteiger partial charge in [0.2, 0.25) is 0 Å². The van der Waals surface area contributed by atoms with Gasteiger partial charge in [-0.15, -0.1) is 0 Å². The summed E-state index contributed by atoms with van der Waals surface area (Å²) in [5, 5.41) is 0. The van der Waals surface area contributed by atoms with Gasteiger partial charge in [0.1, 0.15) is 0 Å². The second kappa shape index (κ2) is 13.5. The number of aryl methyl sites for hydroxylation is 1. The van der Waals surface area contributed by atoms with Crippen LogP contribution >= 0.6 is 0 Å². The topological polar surface area (TPSA) is 6.48 Å². The van der Waals surface area contributed by atoms with Gasteiger partial charge in [0.25, 0.3) is 0 Å². The van der Waals surface area contributed by atoms with E-state index in [9.17, 15) is 0 Å². The van der Waals surface area contributed by atoms with Gasteiger partial charge in [0, 0.05) is 26.2 Å². The van der Waals surface area contributed by atoms with E-state index < -0.39 is 0 Å². The lowest BCUT2D eigenvalue weighted by atomic mass is 10.1. The van der Waals surface area contributed by atoms with Crippen molar-refractivity contribution in [2.45, 2.75) is 66.0 Å².